The van der Waals surface area contributed by atoms with Crippen LogP contribution in [0, 0.1) is 0 Å². The molecule has 2 fully saturated rings. The number of rotatable bonds is 8. The fourth-order valence-electron chi connectivity index (χ4n) is 4.08. The average molecular weight is 456 g/mol. The number of hydrogen-bond acceptors (Lipinski definition) is 10. The highest BCUT2D eigenvalue weighted by atomic mass is 16.5. The second kappa shape index (κ2) is 10.4. The highest BCUT2D eigenvalue weighted by Crippen LogP contribution is 2.20. The molecule has 0 spiro atoms. The molecule has 0 radical (unpaired) electrons. The Hall–Kier alpha value is -3.56. The third-order valence-electron chi connectivity index (χ3n) is 5.78. The molecule has 2 aliphatic rings. The van der Waals surface area contributed by atoms with Crippen LogP contribution in [0.2, 0.25) is 0 Å². The Bertz CT molecular complexity index is 946. The van der Waals surface area contributed by atoms with Crippen LogP contribution in [0.5, 0.6) is 0 Å². The first kappa shape index (κ1) is 22.6. The van der Waals surface area contributed by atoms with E-state index >= 15 is 0 Å². The molecule has 0 amide bonds. The molecule has 4 rings (SSSR count). The monoisotopic (exact) mass is 456 g/mol. The predicted octanol–water partition coefficient (Wildman–Crippen LogP) is 2.41. The second-order valence-corrected chi connectivity index (χ2v) is 7.96. The van der Waals surface area contributed by atoms with E-state index in [9.17, 15) is 9.59 Å². The third-order valence-corrected chi connectivity index (χ3v) is 5.78. The van der Waals surface area contributed by atoms with E-state index in [1.807, 2.05) is 24.3 Å². The zero-order valence-electron chi connectivity index (χ0n) is 18.8. The molecule has 10 heteroatoms. The maximum atomic E-state index is 11.8. The van der Waals surface area contributed by atoms with Gasteiger partial charge < -0.3 is 18.3 Å². The summed E-state index contributed by atoms with van der Waals surface area (Å²) in [6.45, 7) is 1.41. The van der Waals surface area contributed by atoms with Crippen LogP contribution in [-0.4, -0.2) is 73.8 Å². The Balaban J connectivity index is 1.33. The minimum atomic E-state index is -0.340. The Morgan fingerprint density at radius 2 is 1.33 bits per heavy atom. The predicted molar refractivity (Wildman–Crippen MR) is 119 cm³/mol. The SMILES string of the molecule is COC(=O)[C@@H]1CCCN1/N=C\c1ccc(Cc2ccc(/C=N\N3CCC[C@H]3C(=O)OC)o2)o1. The summed E-state index contributed by atoms with van der Waals surface area (Å²) in [5.41, 5.74) is 0. The summed E-state index contributed by atoms with van der Waals surface area (Å²) in [4.78, 5) is 23.6. The Kier molecular flexibility index (Phi) is 7.11. The molecule has 10 nitrogen and oxygen atoms in total. The standard InChI is InChI=1S/C23H28N4O6/c1-30-22(28)20-5-3-11-26(20)24-14-18-9-7-16(32-18)13-17-8-10-19(33-17)15-25-27-12-4-6-21(27)23(29)31-2/h7-10,14-15,20-21H,3-6,11-13H2,1-2H3/b24-14-,25-15-/t20-,21-/m0/s1. The molecule has 2 aromatic heterocycles. The highest BCUT2D eigenvalue weighted by Gasteiger charge is 2.31. The van der Waals surface area contributed by atoms with Gasteiger partial charge in [-0.15, -0.1) is 0 Å². The van der Waals surface area contributed by atoms with Crippen molar-refractivity contribution in [2.24, 2.45) is 10.2 Å². The van der Waals surface area contributed by atoms with Crippen LogP contribution in [0.4, 0.5) is 0 Å². The molecule has 2 aromatic rings. The minimum Gasteiger partial charge on any atom is -0.467 e. The molecule has 0 aliphatic carbocycles. The lowest BCUT2D eigenvalue weighted by Crippen LogP contribution is -2.33. The largest absolute Gasteiger partial charge is 0.467 e. The number of carbonyl (C=O) groups is 2. The average Bonchev–Trinajstić information content (AvgIpc) is 3.63. The molecule has 0 bridgehead atoms. The van der Waals surface area contributed by atoms with Crippen molar-refractivity contribution < 1.29 is 27.9 Å². The van der Waals surface area contributed by atoms with Crippen LogP contribution >= 0.6 is 0 Å². The molecular formula is C23H28N4O6. The topological polar surface area (TPSA) is 110 Å². The van der Waals surface area contributed by atoms with Crippen LogP contribution in [-0.2, 0) is 25.5 Å². The smallest absolute Gasteiger partial charge is 0.330 e. The number of hydrogen-bond donors (Lipinski definition) is 0. The van der Waals surface area contributed by atoms with Crippen molar-refractivity contribution in [3.05, 3.63) is 47.3 Å². The van der Waals surface area contributed by atoms with Crippen molar-refractivity contribution in [3.8, 4) is 0 Å². The van der Waals surface area contributed by atoms with Crippen molar-refractivity contribution in [1.82, 2.24) is 10.0 Å². The first-order chi connectivity index (χ1) is 16.1. The van der Waals surface area contributed by atoms with Gasteiger partial charge in [0.1, 0.15) is 35.1 Å². The van der Waals surface area contributed by atoms with E-state index in [0.717, 1.165) is 37.2 Å². The lowest BCUT2D eigenvalue weighted by Gasteiger charge is -2.18. The number of nitrogens with zero attached hydrogens (tertiary/aromatic N) is 4. The fourth-order valence-corrected chi connectivity index (χ4v) is 4.08. The van der Waals surface area contributed by atoms with Gasteiger partial charge in [-0.05, 0) is 49.9 Å². The van der Waals surface area contributed by atoms with Crippen LogP contribution in [0.1, 0.15) is 48.7 Å². The molecule has 0 aromatic carbocycles. The quantitative estimate of drug-likeness (QED) is 0.440. The lowest BCUT2D eigenvalue weighted by molar-refractivity contribution is -0.146. The minimum absolute atomic E-state index is 0.271. The van der Waals surface area contributed by atoms with Gasteiger partial charge in [0.15, 0.2) is 0 Å². The summed E-state index contributed by atoms with van der Waals surface area (Å²) in [6.07, 6.45) is 6.96. The van der Waals surface area contributed by atoms with Crippen molar-refractivity contribution in [2.75, 3.05) is 27.3 Å². The number of furan rings is 2. The van der Waals surface area contributed by atoms with E-state index in [-0.39, 0.29) is 24.0 Å². The number of hydrazone groups is 2. The van der Waals surface area contributed by atoms with Gasteiger partial charge in [-0.3, -0.25) is 10.0 Å². The van der Waals surface area contributed by atoms with Crippen LogP contribution in [0.25, 0.3) is 0 Å². The van der Waals surface area contributed by atoms with Crippen molar-refractivity contribution >= 4 is 24.4 Å². The zero-order chi connectivity index (χ0) is 23.2. The first-order valence-corrected chi connectivity index (χ1v) is 11.0. The Morgan fingerprint density at radius 3 is 1.76 bits per heavy atom. The molecule has 0 unspecified atom stereocenters. The molecule has 2 atom stereocenters. The van der Waals surface area contributed by atoms with Gasteiger partial charge in [-0.25, -0.2) is 9.59 Å². The molecule has 33 heavy (non-hydrogen) atoms. The molecule has 0 N–H and O–H groups in total. The number of esters is 2. The van der Waals surface area contributed by atoms with Crippen LogP contribution < -0.4 is 0 Å². The lowest BCUT2D eigenvalue weighted by atomic mass is 10.2. The Morgan fingerprint density at radius 1 is 0.879 bits per heavy atom. The van der Waals surface area contributed by atoms with Gasteiger partial charge >= 0.3 is 11.9 Å². The van der Waals surface area contributed by atoms with E-state index in [1.54, 1.807) is 22.4 Å². The molecular weight excluding hydrogens is 428 g/mol. The van der Waals surface area contributed by atoms with E-state index in [1.165, 1.54) is 14.2 Å². The van der Waals surface area contributed by atoms with Gasteiger partial charge in [-0.2, -0.15) is 10.2 Å². The summed E-state index contributed by atoms with van der Waals surface area (Å²) < 4.78 is 21.3. The maximum Gasteiger partial charge on any atom is 0.330 e. The van der Waals surface area contributed by atoms with Gasteiger partial charge in [0.25, 0.3) is 0 Å². The maximum absolute atomic E-state index is 11.8. The molecule has 176 valence electrons. The number of ether oxygens (including phenoxy) is 2. The molecule has 2 saturated heterocycles. The fraction of sp³-hybridized carbons (Fsp3) is 0.478. The summed E-state index contributed by atoms with van der Waals surface area (Å²) in [7, 11) is 2.78. The van der Waals surface area contributed by atoms with Crippen molar-refractivity contribution in [3.63, 3.8) is 0 Å². The second-order valence-electron chi connectivity index (χ2n) is 7.96. The summed E-state index contributed by atoms with van der Waals surface area (Å²) in [5.74, 6) is 2.10. The van der Waals surface area contributed by atoms with Crippen molar-refractivity contribution in [2.45, 2.75) is 44.2 Å². The van der Waals surface area contributed by atoms with Crippen molar-refractivity contribution in [1.29, 1.82) is 0 Å². The summed E-state index contributed by atoms with van der Waals surface area (Å²) in [5, 5.41) is 12.2. The zero-order valence-corrected chi connectivity index (χ0v) is 18.8. The van der Waals surface area contributed by atoms with E-state index in [0.29, 0.717) is 31.0 Å². The number of carbonyl (C=O) groups excluding carboxylic acids is 2. The van der Waals surface area contributed by atoms with E-state index < -0.39 is 0 Å². The van der Waals surface area contributed by atoms with Crippen LogP contribution in [0.3, 0.4) is 0 Å². The molecule has 2 aliphatic heterocycles. The van der Waals surface area contributed by atoms with Gasteiger partial charge in [0.05, 0.1) is 33.1 Å². The Labute approximate surface area is 191 Å². The number of methoxy groups -OCH3 is 2. The van der Waals surface area contributed by atoms with Gasteiger partial charge in [0, 0.05) is 13.1 Å². The molecule has 0 saturated carbocycles. The third kappa shape index (κ3) is 5.44. The molecule has 4 heterocycles. The summed E-state index contributed by atoms with van der Waals surface area (Å²) >= 11 is 0. The summed E-state index contributed by atoms with van der Waals surface area (Å²) in [6, 6.07) is 6.70. The van der Waals surface area contributed by atoms with Gasteiger partial charge in [0.2, 0.25) is 0 Å². The highest BCUT2D eigenvalue weighted by molar-refractivity contribution is 5.79. The first-order valence-electron chi connectivity index (χ1n) is 11.0. The van der Waals surface area contributed by atoms with Gasteiger partial charge in [-0.1, -0.05) is 0 Å². The van der Waals surface area contributed by atoms with Crippen LogP contribution in [0.15, 0.2) is 43.3 Å². The van der Waals surface area contributed by atoms with E-state index in [4.69, 9.17) is 18.3 Å². The normalized spacial score (nSPS) is 20.9. The van der Waals surface area contributed by atoms with E-state index in [2.05, 4.69) is 10.2 Å².